The Labute approximate surface area is 247 Å². The average molecular weight is 678 g/mol. The molecule has 11 nitrogen and oxygen atoms in total. The van der Waals surface area contributed by atoms with Gasteiger partial charge >= 0.3 is 12.0 Å². The molecular weight excluding hydrogens is 652 g/mol. The Morgan fingerprint density at radius 1 is 1.20 bits per heavy atom. The number of carbonyl (C=O) groups excluding carboxylic acids is 3. The topological polar surface area (TPSA) is 137 Å². The summed E-state index contributed by atoms with van der Waals surface area (Å²) in [6.45, 7) is 3.19. The lowest BCUT2D eigenvalue weighted by atomic mass is 9.95. The molecule has 0 saturated carbocycles. The Balaban J connectivity index is 1.70. The molecule has 210 valence electrons. The van der Waals surface area contributed by atoms with Crippen LogP contribution in [0.25, 0.3) is 0 Å². The summed E-state index contributed by atoms with van der Waals surface area (Å²) in [5, 5.41) is 9.28. The second kappa shape index (κ2) is 14.4. The Morgan fingerprint density at radius 3 is 2.67 bits per heavy atom. The van der Waals surface area contributed by atoms with E-state index in [1.807, 2.05) is 0 Å². The number of hydrogen-bond donors (Lipinski definition) is 3. The van der Waals surface area contributed by atoms with Crippen LogP contribution < -0.4 is 30.3 Å². The Kier molecular flexibility index (Phi) is 11.0. The number of urea groups is 1. The van der Waals surface area contributed by atoms with Gasteiger partial charge in [-0.15, -0.1) is 6.42 Å². The van der Waals surface area contributed by atoms with Crippen molar-refractivity contribution in [2.24, 2.45) is 5.10 Å². The summed E-state index contributed by atoms with van der Waals surface area (Å²) in [4.78, 5) is 37.1. The predicted molar refractivity (Wildman–Crippen MR) is 154 cm³/mol. The van der Waals surface area contributed by atoms with Gasteiger partial charge in [-0.1, -0.05) is 27.9 Å². The lowest BCUT2D eigenvalue weighted by molar-refractivity contribution is -0.139. The molecule has 3 amide bonds. The molecule has 2 aromatic rings. The molecule has 1 atom stereocenters. The first-order valence-corrected chi connectivity index (χ1v) is 13.4. The van der Waals surface area contributed by atoms with Crippen molar-refractivity contribution in [1.82, 2.24) is 16.1 Å². The van der Waals surface area contributed by atoms with Gasteiger partial charge in [-0.05, 0) is 59.6 Å². The molecular formula is C27H26Br2N4O7. The van der Waals surface area contributed by atoms with Crippen LogP contribution in [-0.4, -0.2) is 51.1 Å². The minimum atomic E-state index is -0.777. The van der Waals surface area contributed by atoms with Crippen LogP contribution in [0.15, 0.2) is 55.6 Å². The van der Waals surface area contributed by atoms with Crippen molar-refractivity contribution in [3.63, 3.8) is 0 Å². The van der Waals surface area contributed by atoms with Crippen molar-refractivity contribution in [2.75, 3.05) is 26.9 Å². The van der Waals surface area contributed by atoms with Crippen LogP contribution in [0, 0.1) is 12.3 Å². The molecule has 0 unspecified atom stereocenters. The van der Waals surface area contributed by atoms with E-state index in [-0.39, 0.29) is 36.9 Å². The zero-order valence-electron chi connectivity index (χ0n) is 21.8. The third kappa shape index (κ3) is 7.77. The van der Waals surface area contributed by atoms with Crippen LogP contribution in [-0.2, 0) is 14.3 Å². The van der Waals surface area contributed by atoms with Crippen molar-refractivity contribution in [3.8, 4) is 29.6 Å². The molecule has 40 heavy (non-hydrogen) atoms. The maximum absolute atomic E-state index is 12.6. The summed E-state index contributed by atoms with van der Waals surface area (Å²) in [7, 11) is 1.43. The smallest absolute Gasteiger partial charge is 0.338 e. The van der Waals surface area contributed by atoms with E-state index < -0.39 is 23.9 Å². The molecule has 3 N–H and O–H groups in total. The summed E-state index contributed by atoms with van der Waals surface area (Å²) in [6.07, 6.45) is 6.70. The molecule has 0 saturated heterocycles. The fraction of sp³-hybridized carbons (Fsp3) is 0.259. The number of esters is 1. The van der Waals surface area contributed by atoms with Gasteiger partial charge in [0.05, 0.1) is 36.0 Å². The van der Waals surface area contributed by atoms with E-state index in [2.05, 4.69) is 58.9 Å². The van der Waals surface area contributed by atoms with Crippen LogP contribution in [0.2, 0.25) is 0 Å². The van der Waals surface area contributed by atoms with E-state index in [1.54, 1.807) is 44.2 Å². The summed E-state index contributed by atoms with van der Waals surface area (Å²) in [5.74, 6) is 2.34. The molecule has 0 fully saturated rings. The van der Waals surface area contributed by atoms with E-state index in [4.69, 9.17) is 25.4 Å². The molecule has 2 aromatic carbocycles. The number of halogens is 2. The van der Waals surface area contributed by atoms with Gasteiger partial charge in [-0.3, -0.25) is 4.79 Å². The molecule has 1 heterocycles. The Bertz CT molecular complexity index is 1400. The van der Waals surface area contributed by atoms with Gasteiger partial charge in [0.1, 0.15) is 12.4 Å². The normalized spacial score (nSPS) is 14.6. The van der Waals surface area contributed by atoms with Crippen molar-refractivity contribution in [3.05, 3.63) is 61.7 Å². The summed E-state index contributed by atoms with van der Waals surface area (Å²) in [5.41, 5.74) is 4.17. The van der Waals surface area contributed by atoms with Gasteiger partial charge in [0.2, 0.25) is 0 Å². The zero-order valence-corrected chi connectivity index (χ0v) is 25.0. The van der Waals surface area contributed by atoms with Crippen molar-refractivity contribution >= 4 is 56.0 Å². The van der Waals surface area contributed by atoms with E-state index >= 15 is 0 Å². The quantitative estimate of drug-likeness (QED) is 0.142. The molecule has 0 aliphatic carbocycles. The highest BCUT2D eigenvalue weighted by atomic mass is 79.9. The van der Waals surface area contributed by atoms with Crippen LogP contribution >= 0.6 is 31.9 Å². The number of rotatable bonds is 11. The van der Waals surface area contributed by atoms with E-state index in [1.165, 1.54) is 13.3 Å². The standard InChI is InChI=1S/C27H26Br2N4O7/c1-5-9-39-25-17(10-18(28)12-19(25)29)13-30-33-22(34)14-40-20-8-7-16(11-21(20)37-4)24-23(26(35)38-6-2)15(3)31-27(36)32-24/h1,7-8,10-13,24H,6,9,14H2,2-4H3,(H,33,34)(H2,31,32,36)/b30-13+/t24-/m1/s1. The largest absolute Gasteiger partial charge is 0.493 e. The monoisotopic (exact) mass is 676 g/mol. The van der Waals surface area contributed by atoms with Gasteiger partial charge in [0, 0.05) is 15.7 Å². The van der Waals surface area contributed by atoms with Crippen LogP contribution in [0.3, 0.4) is 0 Å². The van der Waals surface area contributed by atoms with E-state index in [9.17, 15) is 14.4 Å². The fourth-order valence-electron chi connectivity index (χ4n) is 3.70. The number of hydrazone groups is 1. The molecule has 1 aliphatic heterocycles. The number of amides is 3. The maximum Gasteiger partial charge on any atom is 0.338 e. The highest BCUT2D eigenvalue weighted by Crippen LogP contribution is 2.35. The number of ether oxygens (including phenoxy) is 4. The molecule has 0 aromatic heterocycles. The lowest BCUT2D eigenvalue weighted by Crippen LogP contribution is -2.45. The SMILES string of the molecule is C#CCOc1c(Br)cc(Br)cc1/C=N/NC(=O)COc1ccc([C@H]2NC(=O)NC(C)=C2C(=O)OCC)cc1OC. The van der Waals surface area contributed by atoms with Crippen LogP contribution in [0.5, 0.6) is 17.2 Å². The second-order valence-corrected chi connectivity index (χ2v) is 9.85. The minimum absolute atomic E-state index is 0.0614. The summed E-state index contributed by atoms with van der Waals surface area (Å²) in [6, 6.07) is 7.15. The van der Waals surface area contributed by atoms with Gasteiger partial charge < -0.3 is 29.6 Å². The highest BCUT2D eigenvalue weighted by molar-refractivity contribution is 9.11. The number of hydrogen-bond acceptors (Lipinski definition) is 8. The van der Waals surface area contributed by atoms with Gasteiger partial charge in [-0.25, -0.2) is 15.0 Å². The third-order valence-electron chi connectivity index (χ3n) is 5.37. The van der Waals surface area contributed by atoms with Crippen molar-refractivity contribution in [1.29, 1.82) is 0 Å². The van der Waals surface area contributed by atoms with Gasteiger partial charge in [-0.2, -0.15) is 5.10 Å². The third-order valence-corrected chi connectivity index (χ3v) is 6.42. The van der Waals surface area contributed by atoms with E-state index in [0.717, 1.165) is 4.47 Å². The number of allylic oxidation sites excluding steroid dienone is 1. The van der Waals surface area contributed by atoms with Crippen LogP contribution in [0.4, 0.5) is 4.79 Å². The number of nitrogens with zero attached hydrogens (tertiary/aromatic N) is 1. The number of carbonyl (C=O) groups is 3. The maximum atomic E-state index is 12.6. The minimum Gasteiger partial charge on any atom is -0.493 e. The Hall–Kier alpha value is -4.02. The Morgan fingerprint density at radius 2 is 1.98 bits per heavy atom. The molecule has 0 spiro atoms. The van der Waals surface area contributed by atoms with Gasteiger partial charge in [0.15, 0.2) is 18.1 Å². The van der Waals surface area contributed by atoms with Crippen molar-refractivity contribution in [2.45, 2.75) is 19.9 Å². The first-order chi connectivity index (χ1) is 19.2. The number of terminal acetylenes is 1. The fourth-order valence-corrected chi connectivity index (χ4v) is 5.07. The number of benzene rings is 2. The second-order valence-electron chi connectivity index (χ2n) is 8.08. The zero-order chi connectivity index (χ0) is 29.2. The first kappa shape index (κ1) is 30.5. The number of nitrogens with one attached hydrogen (secondary N) is 3. The summed E-state index contributed by atoms with van der Waals surface area (Å²) >= 11 is 6.81. The average Bonchev–Trinajstić information content (AvgIpc) is 2.91. The molecule has 1 aliphatic rings. The summed E-state index contributed by atoms with van der Waals surface area (Å²) < 4.78 is 23.2. The van der Waals surface area contributed by atoms with Crippen LogP contribution in [0.1, 0.15) is 31.0 Å². The predicted octanol–water partition coefficient (Wildman–Crippen LogP) is 3.95. The highest BCUT2D eigenvalue weighted by Gasteiger charge is 2.32. The molecule has 0 radical (unpaired) electrons. The first-order valence-electron chi connectivity index (χ1n) is 11.8. The van der Waals surface area contributed by atoms with Gasteiger partial charge in [0.25, 0.3) is 5.91 Å². The lowest BCUT2D eigenvalue weighted by Gasteiger charge is -2.28. The molecule has 13 heteroatoms. The molecule has 3 rings (SSSR count). The number of methoxy groups -OCH3 is 1. The van der Waals surface area contributed by atoms with Crippen molar-refractivity contribution < 1.29 is 33.3 Å². The molecule has 0 bridgehead atoms. The van der Waals surface area contributed by atoms with E-state index in [0.29, 0.717) is 27.0 Å².